The van der Waals surface area contributed by atoms with Crippen LogP contribution in [0.15, 0.2) is 60.7 Å². The van der Waals surface area contributed by atoms with Gasteiger partial charge in [0.25, 0.3) is 0 Å². The number of hydrogen-bond acceptors (Lipinski definition) is 2. The van der Waals surface area contributed by atoms with Crippen LogP contribution < -0.4 is 10.0 Å². The number of rotatable bonds is 12. The second-order valence-electron chi connectivity index (χ2n) is 11.5. The van der Waals surface area contributed by atoms with Crippen molar-refractivity contribution >= 4 is 13.9 Å². The number of aliphatic hydroxyl groups is 1. The average molecular weight is 519 g/mol. The molecule has 0 bridgehead atoms. The summed E-state index contributed by atoms with van der Waals surface area (Å²) < 4.78 is 6.70. The third-order valence-corrected chi connectivity index (χ3v) is 9.61. The van der Waals surface area contributed by atoms with Gasteiger partial charge in [-0.1, -0.05) is 129 Å². The Balaban J connectivity index is 2.19. The number of ether oxygens (including phenoxy) is 1. The smallest absolute Gasteiger partial charge is 0.126 e. The zero-order valence-electron chi connectivity index (χ0n) is 24.1. The Kier molecular flexibility index (Phi) is 10.4. The Morgan fingerprint density at radius 2 is 1.62 bits per heavy atom. The highest BCUT2D eigenvalue weighted by Crippen LogP contribution is 2.53. The number of unbranched alkanes of at least 4 members (excludes halogenated alkanes) is 2. The van der Waals surface area contributed by atoms with E-state index in [-0.39, 0.29) is 17.2 Å². The standard InChI is InChI=1S/C34H47O2P/c1-8-10-14-19-34(9-2,37-31-18-17-25(3)20-28(31)23-35)30-22-29(33(5,6)7)21-26(4)32(30)36-24-27-15-12-11-13-16-27/h11-13,15-18,20-22,35,37H,8-10,14,19,23-24H2,1-7H3. The maximum atomic E-state index is 10.2. The first-order valence-corrected chi connectivity index (χ1v) is 14.9. The van der Waals surface area contributed by atoms with Crippen molar-refractivity contribution in [2.24, 2.45) is 0 Å². The summed E-state index contributed by atoms with van der Waals surface area (Å²) in [7, 11) is 0.560. The molecule has 3 heteroatoms. The lowest BCUT2D eigenvalue weighted by Crippen LogP contribution is -2.26. The monoisotopic (exact) mass is 518 g/mol. The third kappa shape index (κ3) is 7.46. The zero-order chi connectivity index (χ0) is 27.1. The molecule has 0 heterocycles. The van der Waals surface area contributed by atoms with Crippen LogP contribution in [-0.4, -0.2) is 5.11 Å². The van der Waals surface area contributed by atoms with Crippen LogP contribution in [0.4, 0.5) is 0 Å². The highest BCUT2D eigenvalue weighted by atomic mass is 31.1. The first-order valence-electron chi connectivity index (χ1n) is 13.9. The van der Waals surface area contributed by atoms with Crippen LogP contribution in [0.2, 0.25) is 0 Å². The van der Waals surface area contributed by atoms with Crippen LogP contribution in [0.5, 0.6) is 5.75 Å². The van der Waals surface area contributed by atoms with E-state index < -0.39 is 0 Å². The van der Waals surface area contributed by atoms with Gasteiger partial charge in [0.15, 0.2) is 0 Å². The Hall–Kier alpha value is -2.15. The van der Waals surface area contributed by atoms with Crippen molar-refractivity contribution in [2.45, 2.75) is 104 Å². The molecule has 2 nitrogen and oxygen atoms in total. The largest absolute Gasteiger partial charge is 0.488 e. The van der Waals surface area contributed by atoms with E-state index in [1.54, 1.807) is 0 Å². The minimum absolute atomic E-state index is 0.0452. The fraction of sp³-hybridized carbons (Fsp3) is 0.471. The summed E-state index contributed by atoms with van der Waals surface area (Å²) in [6.45, 7) is 16.5. The molecule has 0 radical (unpaired) electrons. The van der Waals surface area contributed by atoms with E-state index in [4.69, 9.17) is 4.74 Å². The average Bonchev–Trinajstić information content (AvgIpc) is 2.88. The van der Waals surface area contributed by atoms with Gasteiger partial charge in [-0.05, 0) is 59.7 Å². The lowest BCUT2D eigenvalue weighted by molar-refractivity contribution is 0.283. The van der Waals surface area contributed by atoms with E-state index in [1.165, 1.54) is 52.4 Å². The third-order valence-electron chi connectivity index (χ3n) is 7.50. The molecule has 3 aromatic rings. The van der Waals surface area contributed by atoms with E-state index in [1.807, 2.05) is 0 Å². The van der Waals surface area contributed by atoms with Crippen molar-refractivity contribution in [3.8, 4) is 5.75 Å². The topological polar surface area (TPSA) is 29.5 Å². The van der Waals surface area contributed by atoms with Crippen LogP contribution in [0.3, 0.4) is 0 Å². The summed E-state index contributed by atoms with van der Waals surface area (Å²) in [5.74, 6) is 1.04. The van der Waals surface area contributed by atoms with Crippen molar-refractivity contribution in [1.82, 2.24) is 0 Å². The fourth-order valence-electron chi connectivity index (χ4n) is 5.11. The lowest BCUT2D eigenvalue weighted by Gasteiger charge is -2.38. The predicted octanol–water partition coefficient (Wildman–Crippen LogP) is 8.86. The van der Waals surface area contributed by atoms with Crippen LogP contribution in [-0.2, 0) is 23.8 Å². The first kappa shape index (κ1) is 29.4. The van der Waals surface area contributed by atoms with Gasteiger partial charge in [-0.2, -0.15) is 0 Å². The molecular formula is C34H47O2P. The molecule has 3 aromatic carbocycles. The maximum absolute atomic E-state index is 10.2. The van der Waals surface area contributed by atoms with Gasteiger partial charge in [0, 0.05) is 10.7 Å². The second kappa shape index (κ2) is 13.1. The molecule has 2 unspecified atom stereocenters. The molecule has 0 spiro atoms. The van der Waals surface area contributed by atoms with Gasteiger partial charge in [0.2, 0.25) is 0 Å². The molecule has 1 N–H and O–H groups in total. The van der Waals surface area contributed by atoms with Crippen molar-refractivity contribution < 1.29 is 9.84 Å². The van der Waals surface area contributed by atoms with Gasteiger partial charge in [-0.25, -0.2) is 0 Å². The molecule has 0 aliphatic heterocycles. The van der Waals surface area contributed by atoms with Gasteiger partial charge in [-0.15, -0.1) is 0 Å². The molecule has 0 aliphatic carbocycles. The highest BCUT2D eigenvalue weighted by molar-refractivity contribution is 7.48. The summed E-state index contributed by atoms with van der Waals surface area (Å²) in [4.78, 5) is 0. The number of hydrogen-bond donors (Lipinski definition) is 1. The summed E-state index contributed by atoms with van der Waals surface area (Å²) >= 11 is 0. The number of aryl methyl sites for hydroxylation is 2. The van der Waals surface area contributed by atoms with Gasteiger partial charge < -0.3 is 9.84 Å². The quantitative estimate of drug-likeness (QED) is 0.192. The highest BCUT2D eigenvalue weighted by Gasteiger charge is 2.36. The van der Waals surface area contributed by atoms with E-state index in [9.17, 15) is 5.11 Å². The molecular weight excluding hydrogens is 471 g/mol. The molecule has 37 heavy (non-hydrogen) atoms. The van der Waals surface area contributed by atoms with Crippen LogP contribution in [0, 0.1) is 13.8 Å². The zero-order valence-corrected chi connectivity index (χ0v) is 25.1. The molecule has 2 atom stereocenters. The van der Waals surface area contributed by atoms with E-state index in [0.29, 0.717) is 15.2 Å². The summed E-state index contributed by atoms with van der Waals surface area (Å²) in [6.07, 6.45) is 5.76. The molecule has 0 aromatic heterocycles. The first-order chi connectivity index (χ1) is 17.6. The molecule has 0 fully saturated rings. The molecule has 0 aliphatic rings. The summed E-state index contributed by atoms with van der Waals surface area (Å²) in [5, 5.41) is 11.5. The normalized spacial score (nSPS) is 13.7. The van der Waals surface area contributed by atoms with Crippen molar-refractivity contribution in [1.29, 1.82) is 0 Å². The van der Waals surface area contributed by atoms with Gasteiger partial charge >= 0.3 is 0 Å². The Bertz CT molecular complexity index is 1150. The van der Waals surface area contributed by atoms with Crippen molar-refractivity contribution in [3.05, 3.63) is 94.0 Å². The molecule has 3 rings (SSSR count). The molecule has 0 amide bonds. The van der Waals surface area contributed by atoms with E-state index in [2.05, 4.69) is 109 Å². The minimum Gasteiger partial charge on any atom is -0.488 e. The SMILES string of the molecule is CCCCCC(CC)(Pc1ccc(C)cc1CO)c1cc(C(C)(C)C)cc(C)c1OCc1ccccc1. The second-order valence-corrected chi connectivity index (χ2v) is 13.3. The lowest BCUT2D eigenvalue weighted by atomic mass is 9.80. The Morgan fingerprint density at radius 3 is 2.24 bits per heavy atom. The van der Waals surface area contributed by atoms with Crippen LogP contribution in [0.1, 0.15) is 100 Å². The van der Waals surface area contributed by atoms with Crippen molar-refractivity contribution in [3.63, 3.8) is 0 Å². The number of aliphatic hydroxyl groups excluding tert-OH is 1. The molecule has 0 saturated heterocycles. The van der Waals surface area contributed by atoms with Crippen LogP contribution in [0.25, 0.3) is 0 Å². The van der Waals surface area contributed by atoms with Gasteiger partial charge in [0.05, 0.1) is 6.61 Å². The molecule has 200 valence electrons. The fourth-order valence-corrected chi connectivity index (χ4v) is 6.91. The number of benzene rings is 3. The van der Waals surface area contributed by atoms with Gasteiger partial charge in [-0.3, -0.25) is 0 Å². The predicted molar refractivity (Wildman–Crippen MR) is 162 cm³/mol. The van der Waals surface area contributed by atoms with E-state index in [0.717, 1.165) is 24.2 Å². The maximum Gasteiger partial charge on any atom is 0.126 e. The Morgan fingerprint density at radius 1 is 0.892 bits per heavy atom. The van der Waals surface area contributed by atoms with Gasteiger partial charge in [0.1, 0.15) is 12.4 Å². The van der Waals surface area contributed by atoms with Crippen molar-refractivity contribution in [2.75, 3.05) is 0 Å². The molecule has 0 saturated carbocycles. The summed E-state index contributed by atoms with van der Waals surface area (Å²) in [5.41, 5.74) is 7.40. The minimum atomic E-state index is -0.0492. The van der Waals surface area contributed by atoms with Crippen LogP contribution >= 0.6 is 8.58 Å². The summed E-state index contributed by atoms with van der Waals surface area (Å²) in [6, 6.07) is 21.8. The van der Waals surface area contributed by atoms with E-state index >= 15 is 0 Å². The Labute approximate surface area is 227 Å².